The maximum Gasteiger partial charge on any atom is 0.410 e. The van der Waals surface area contributed by atoms with Crippen LogP contribution in [0, 0.1) is 6.92 Å². The van der Waals surface area contributed by atoms with Gasteiger partial charge in [0.25, 0.3) is 0 Å². The van der Waals surface area contributed by atoms with E-state index in [0.717, 1.165) is 29.7 Å². The van der Waals surface area contributed by atoms with Crippen molar-refractivity contribution in [2.24, 2.45) is 0 Å². The van der Waals surface area contributed by atoms with Gasteiger partial charge in [0.2, 0.25) is 5.91 Å². The summed E-state index contributed by atoms with van der Waals surface area (Å²) >= 11 is 0. The van der Waals surface area contributed by atoms with Crippen molar-refractivity contribution in [1.29, 1.82) is 0 Å². The molecule has 0 aliphatic carbocycles. The van der Waals surface area contributed by atoms with Crippen LogP contribution in [0.1, 0.15) is 77.3 Å². The van der Waals surface area contributed by atoms with Crippen LogP contribution in [0.2, 0.25) is 0 Å². The maximum absolute atomic E-state index is 12.6. The summed E-state index contributed by atoms with van der Waals surface area (Å²) in [5.41, 5.74) is 2.65. The Morgan fingerprint density at radius 2 is 2.00 bits per heavy atom. The van der Waals surface area contributed by atoms with E-state index in [-0.39, 0.29) is 18.0 Å². The summed E-state index contributed by atoms with van der Waals surface area (Å²) in [6.07, 6.45) is 2.67. The molecule has 1 aliphatic heterocycles. The molecule has 1 saturated heterocycles. The molecule has 1 fully saturated rings. The monoisotopic (exact) mass is 374 g/mol. The van der Waals surface area contributed by atoms with Gasteiger partial charge >= 0.3 is 6.09 Å². The summed E-state index contributed by atoms with van der Waals surface area (Å²) in [6.45, 7) is 12.6. The second kappa shape index (κ2) is 8.77. The second-order valence-electron chi connectivity index (χ2n) is 8.75. The Hall–Kier alpha value is -2.04. The van der Waals surface area contributed by atoms with E-state index >= 15 is 0 Å². The van der Waals surface area contributed by atoms with Crippen molar-refractivity contribution in [3.05, 3.63) is 29.3 Å². The molecule has 1 atom stereocenters. The van der Waals surface area contributed by atoms with Gasteiger partial charge in [-0.2, -0.15) is 0 Å². The zero-order valence-corrected chi connectivity index (χ0v) is 17.6. The fourth-order valence-corrected chi connectivity index (χ4v) is 3.54. The maximum atomic E-state index is 12.6. The van der Waals surface area contributed by atoms with Crippen LogP contribution in [0.15, 0.2) is 18.2 Å². The molecular formula is C22H34N2O3. The number of benzene rings is 1. The van der Waals surface area contributed by atoms with Crippen molar-refractivity contribution in [1.82, 2.24) is 4.90 Å². The first kappa shape index (κ1) is 21.3. The van der Waals surface area contributed by atoms with Gasteiger partial charge in [-0.05, 0) is 64.0 Å². The molecule has 1 aliphatic rings. The van der Waals surface area contributed by atoms with Crippen molar-refractivity contribution >= 4 is 17.7 Å². The van der Waals surface area contributed by atoms with Crippen molar-refractivity contribution in [2.45, 2.75) is 84.8 Å². The fraction of sp³-hybridized carbons (Fsp3) is 0.636. The standard InChI is InChI=1S/C22H34N2O3/c1-15(2)18-11-7-9-16(3)20(18)23-19(25)13-12-17-10-8-14-24(17)21(26)27-22(4,5)6/h7,9,11,15,17H,8,10,12-14H2,1-6H3,(H,23,25)/t17-/m1/s1. The van der Waals surface area contributed by atoms with E-state index in [4.69, 9.17) is 4.74 Å². The number of hydrogen-bond acceptors (Lipinski definition) is 3. The number of aryl methyl sites for hydroxylation is 1. The molecule has 1 aromatic carbocycles. The first-order valence-corrected chi connectivity index (χ1v) is 9.97. The number of carbonyl (C=O) groups is 2. The Labute approximate surface area is 163 Å². The molecule has 5 nitrogen and oxygen atoms in total. The highest BCUT2D eigenvalue weighted by Gasteiger charge is 2.32. The highest BCUT2D eigenvalue weighted by molar-refractivity contribution is 5.92. The predicted octanol–water partition coefficient (Wildman–Crippen LogP) is 5.24. The van der Waals surface area contributed by atoms with Gasteiger partial charge in [0.05, 0.1) is 0 Å². The van der Waals surface area contributed by atoms with E-state index in [1.54, 1.807) is 4.90 Å². The van der Waals surface area contributed by atoms with Gasteiger partial charge < -0.3 is 15.0 Å². The van der Waals surface area contributed by atoms with Crippen molar-refractivity contribution in [3.8, 4) is 0 Å². The number of anilines is 1. The number of amides is 2. The third kappa shape index (κ3) is 5.98. The topological polar surface area (TPSA) is 58.6 Å². The number of carbonyl (C=O) groups excluding carboxylic acids is 2. The molecule has 150 valence electrons. The minimum absolute atomic E-state index is 0.00207. The zero-order valence-electron chi connectivity index (χ0n) is 17.6. The van der Waals surface area contributed by atoms with Crippen molar-refractivity contribution < 1.29 is 14.3 Å². The smallest absolute Gasteiger partial charge is 0.410 e. The average molecular weight is 375 g/mol. The summed E-state index contributed by atoms with van der Waals surface area (Å²) in [5, 5.41) is 3.09. The molecule has 1 aromatic rings. The van der Waals surface area contributed by atoms with Crippen LogP contribution < -0.4 is 5.32 Å². The summed E-state index contributed by atoms with van der Waals surface area (Å²) < 4.78 is 5.50. The van der Waals surface area contributed by atoms with Crippen LogP contribution in [0.5, 0.6) is 0 Å². The number of likely N-dealkylation sites (tertiary alicyclic amines) is 1. The van der Waals surface area contributed by atoms with Gasteiger partial charge in [0.1, 0.15) is 5.60 Å². The Morgan fingerprint density at radius 3 is 2.63 bits per heavy atom. The third-order valence-corrected chi connectivity index (χ3v) is 4.90. The quantitative estimate of drug-likeness (QED) is 0.767. The molecular weight excluding hydrogens is 340 g/mol. The Balaban J connectivity index is 1.95. The third-order valence-electron chi connectivity index (χ3n) is 4.90. The predicted molar refractivity (Wildman–Crippen MR) is 109 cm³/mol. The summed E-state index contributed by atoms with van der Waals surface area (Å²) in [6, 6.07) is 6.18. The lowest BCUT2D eigenvalue weighted by Crippen LogP contribution is -2.40. The molecule has 0 spiro atoms. The van der Waals surface area contributed by atoms with Crippen LogP contribution >= 0.6 is 0 Å². The number of ether oxygens (including phenoxy) is 1. The molecule has 5 heteroatoms. The number of para-hydroxylation sites is 1. The van der Waals surface area contributed by atoms with E-state index in [2.05, 4.69) is 25.2 Å². The normalized spacial score (nSPS) is 17.3. The number of nitrogens with one attached hydrogen (secondary N) is 1. The molecule has 1 heterocycles. The second-order valence-corrected chi connectivity index (χ2v) is 8.75. The highest BCUT2D eigenvalue weighted by Crippen LogP contribution is 2.28. The van der Waals surface area contributed by atoms with Crippen LogP contribution in [0.25, 0.3) is 0 Å². The van der Waals surface area contributed by atoms with Gasteiger partial charge in [-0.3, -0.25) is 4.79 Å². The van der Waals surface area contributed by atoms with E-state index in [0.29, 0.717) is 25.3 Å². The van der Waals surface area contributed by atoms with E-state index in [1.807, 2.05) is 39.8 Å². The molecule has 0 saturated carbocycles. The van der Waals surface area contributed by atoms with E-state index in [1.165, 1.54) is 0 Å². The van der Waals surface area contributed by atoms with Gasteiger partial charge in [-0.25, -0.2) is 4.79 Å². The first-order chi connectivity index (χ1) is 12.6. The first-order valence-electron chi connectivity index (χ1n) is 9.97. The average Bonchev–Trinajstić information content (AvgIpc) is 3.01. The lowest BCUT2D eigenvalue weighted by Gasteiger charge is -2.28. The molecule has 0 unspecified atom stereocenters. The Bertz CT molecular complexity index is 677. The number of nitrogens with zero attached hydrogens (tertiary/aromatic N) is 1. The van der Waals surface area contributed by atoms with Gasteiger partial charge in [-0.1, -0.05) is 32.0 Å². The van der Waals surface area contributed by atoms with Gasteiger partial charge in [0.15, 0.2) is 0 Å². The molecule has 0 bridgehead atoms. The lowest BCUT2D eigenvalue weighted by atomic mass is 9.98. The highest BCUT2D eigenvalue weighted by atomic mass is 16.6. The minimum Gasteiger partial charge on any atom is -0.444 e. The number of hydrogen-bond donors (Lipinski definition) is 1. The molecule has 0 aromatic heterocycles. The molecule has 2 amide bonds. The zero-order chi connectivity index (χ0) is 20.2. The Kier molecular flexibility index (Phi) is 6.90. The molecule has 27 heavy (non-hydrogen) atoms. The summed E-state index contributed by atoms with van der Waals surface area (Å²) in [5.74, 6) is 0.347. The van der Waals surface area contributed by atoms with Gasteiger partial charge in [0, 0.05) is 24.7 Å². The molecule has 1 N–H and O–H groups in total. The van der Waals surface area contributed by atoms with Gasteiger partial charge in [-0.15, -0.1) is 0 Å². The van der Waals surface area contributed by atoms with Crippen LogP contribution in [-0.4, -0.2) is 35.1 Å². The van der Waals surface area contributed by atoms with Crippen molar-refractivity contribution in [3.63, 3.8) is 0 Å². The Morgan fingerprint density at radius 1 is 1.30 bits per heavy atom. The summed E-state index contributed by atoms with van der Waals surface area (Å²) in [7, 11) is 0. The van der Waals surface area contributed by atoms with Crippen LogP contribution in [0.3, 0.4) is 0 Å². The van der Waals surface area contributed by atoms with Crippen LogP contribution in [0.4, 0.5) is 10.5 Å². The molecule has 2 rings (SSSR count). The van der Waals surface area contributed by atoms with E-state index < -0.39 is 5.60 Å². The van der Waals surface area contributed by atoms with Crippen LogP contribution in [-0.2, 0) is 9.53 Å². The largest absolute Gasteiger partial charge is 0.444 e. The molecule has 0 radical (unpaired) electrons. The van der Waals surface area contributed by atoms with E-state index in [9.17, 15) is 9.59 Å². The number of rotatable bonds is 5. The lowest BCUT2D eigenvalue weighted by molar-refractivity contribution is -0.116. The minimum atomic E-state index is -0.500. The summed E-state index contributed by atoms with van der Waals surface area (Å²) in [4.78, 5) is 26.7. The fourth-order valence-electron chi connectivity index (χ4n) is 3.54. The van der Waals surface area contributed by atoms with Crippen molar-refractivity contribution in [2.75, 3.05) is 11.9 Å². The SMILES string of the molecule is Cc1cccc(C(C)C)c1NC(=O)CC[C@H]1CCCN1C(=O)OC(C)(C)C.